The third-order valence-corrected chi connectivity index (χ3v) is 5.18. The van der Waals surface area contributed by atoms with Crippen LogP contribution in [-0.2, 0) is 0 Å². The van der Waals surface area contributed by atoms with E-state index in [0.29, 0.717) is 0 Å². The first kappa shape index (κ1) is 16.7. The standard InChI is InChI=1S/C24H16N6/c1-2-8-15(7-1)24-28-19-12-11-18-22(23(19)30-24)29-21(17-10-4-6-14-26-17)20(27-18)16-9-3-5-13-25-16/h1-7,9-14,27H,8H2. The molecule has 142 valence electrons. The van der Waals surface area contributed by atoms with Gasteiger partial charge in [0, 0.05) is 18.0 Å². The molecule has 0 bridgehead atoms. The molecule has 0 atom stereocenters. The van der Waals surface area contributed by atoms with Gasteiger partial charge < -0.3 is 4.98 Å². The monoisotopic (exact) mass is 388 g/mol. The number of fused-ring (bicyclic) bond motifs is 3. The minimum absolute atomic E-state index is 0.737. The van der Waals surface area contributed by atoms with Crippen LogP contribution in [0.2, 0.25) is 0 Å². The van der Waals surface area contributed by atoms with Gasteiger partial charge in [0.25, 0.3) is 0 Å². The molecular weight excluding hydrogens is 372 g/mol. The maximum atomic E-state index is 5.02. The average Bonchev–Trinajstić information content (AvgIpc) is 3.49. The molecule has 6 nitrogen and oxygen atoms in total. The summed E-state index contributed by atoms with van der Waals surface area (Å²) in [5.74, 6) is 0.762. The largest absolute Gasteiger partial charge is 0.350 e. The smallest absolute Gasteiger partial charge is 0.156 e. The van der Waals surface area contributed by atoms with Gasteiger partial charge in [-0.05, 0) is 42.8 Å². The van der Waals surface area contributed by atoms with Crippen molar-refractivity contribution >= 4 is 27.6 Å². The molecule has 0 aliphatic heterocycles. The topological polar surface area (TPSA) is 80.2 Å². The predicted molar refractivity (Wildman–Crippen MR) is 117 cm³/mol. The van der Waals surface area contributed by atoms with Gasteiger partial charge in [0.05, 0.1) is 28.1 Å². The second-order valence-corrected chi connectivity index (χ2v) is 7.09. The molecule has 4 aromatic heterocycles. The normalized spacial score (nSPS) is 13.3. The Morgan fingerprint density at radius 2 is 1.60 bits per heavy atom. The second kappa shape index (κ2) is 6.70. The molecule has 4 heterocycles. The van der Waals surface area contributed by atoms with Crippen LogP contribution in [0.1, 0.15) is 12.2 Å². The summed E-state index contributed by atoms with van der Waals surface area (Å²) < 4.78 is 0. The number of aromatic amines is 1. The van der Waals surface area contributed by atoms with Crippen molar-refractivity contribution in [3.63, 3.8) is 0 Å². The maximum absolute atomic E-state index is 5.02. The van der Waals surface area contributed by atoms with E-state index in [2.05, 4.69) is 27.1 Å². The summed E-state index contributed by atoms with van der Waals surface area (Å²) in [5, 5.41) is 0. The lowest BCUT2D eigenvalue weighted by Crippen LogP contribution is -1.98. The van der Waals surface area contributed by atoms with Gasteiger partial charge in [0.15, 0.2) is 5.82 Å². The Balaban J connectivity index is 1.64. The molecule has 0 saturated carbocycles. The van der Waals surface area contributed by atoms with Crippen molar-refractivity contribution in [2.24, 2.45) is 0 Å². The maximum Gasteiger partial charge on any atom is 0.156 e. The Morgan fingerprint density at radius 3 is 2.33 bits per heavy atom. The Hall–Kier alpha value is -4.19. The Morgan fingerprint density at radius 1 is 0.767 bits per heavy atom. The van der Waals surface area contributed by atoms with Gasteiger partial charge in [-0.25, -0.2) is 15.0 Å². The highest BCUT2D eigenvalue weighted by Crippen LogP contribution is 2.32. The SMILES string of the molecule is C1=CCC(c2nc3ccc4[nH]c(-c5ccccn5)c(-c5ccccn5)nc4c3n2)=C1. The molecule has 5 aromatic rings. The van der Waals surface area contributed by atoms with Crippen molar-refractivity contribution in [2.45, 2.75) is 6.42 Å². The van der Waals surface area contributed by atoms with Crippen LogP contribution in [0.4, 0.5) is 0 Å². The number of hydrogen-bond donors (Lipinski definition) is 1. The van der Waals surface area contributed by atoms with Crippen molar-refractivity contribution < 1.29 is 0 Å². The van der Waals surface area contributed by atoms with Crippen molar-refractivity contribution in [3.8, 4) is 22.8 Å². The molecule has 0 spiro atoms. The summed E-state index contributed by atoms with van der Waals surface area (Å²) in [6.45, 7) is 0. The van der Waals surface area contributed by atoms with Gasteiger partial charge in [-0.2, -0.15) is 0 Å². The van der Waals surface area contributed by atoms with E-state index in [1.807, 2.05) is 54.6 Å². The zero-order valence-corrected chi connectivity index (χ0v) is 15.9. The van der Waals surface area contributed by atoms with E-state index in [9.17, 15) is 0 Å². The molecule has 1 aliphatic rings. The summed E-state index contributed by atoms with van der Waals surface area (Å²) in [4.78, 5) is 27.1. The van der Waals surface area contributed by atoms with Crippen LogP contribution in [-0.4, -0.2) is 29.9 Å². The van der Waals surface area contributed by atoms with Gasteiger partial charge in [0.1, 0.15) is 16.7 Å². The summed E-state index contributed by atoms with van der Waals surface area (Å²) >= 11 is 0. The lowest BCUT2D eigenvalue weighted by Gasteiger charge is -2.11. The van der Waals surface area contributed by atoms with Crippen LogP contribution in [0.5, 0.6) is 0 Å². The van der Waals surface area contributed by atoms with Crippen molar-refractivity contribution in [1.29, 1.82) is 0 Å². The van der Waals surface area contributed by atoms with Crippen LogP contribution in [0.3, 0.4) is 0 Å². The fourth-order valence-corrected chi connectivity index (χ4v) is 3.73. The highest BCUT2D eigenvalue weighted by Gasteiger charge is 2.18. The van der Waals surface area contributed by atoms with E-state index in [1.54, 1.807) is 12.4 Å². The molecule has 0 fully saturated rings. The van der Waals surface area contributed by atoms with Gasteiger partial charge in [-0.15, -0.1) is 0 Å². The quantitative estimate of drug-likeness (QED) is 0.472. The first-order valence-electron chi connectivity index (χ1n) is 9.76. The minimum atomic E-state index is 0.737. The summed E-state index contributed by atoms with van der Waals surface area (Å²) in [6.07, 6.45) is 10.6. The van der Waals surface area contributed by atoms with Gasteiger partial charge in [0.2, 0.25) is 0 Å². The molecule has 0 saturated heterocycles. The number of aromatic nitrogens is 6. The number of benzene rings is 1. The average molecular weight is 388 g/mol. The molecular formula is C24H16N6. The first-order valence-corrected chi connectivity index (χ1v) is 9.76. The number of hydrogen-bond acceptors (Lipinski definition) is 5. The third-order valence-electron chi connectivity index (χ3n) is 5.18. The number of allylic oxidation sites excluding steroid dienone is 4. The Bertz CT molecular complexity index is 1450. The lowest BCUT2D eigenvalue weighted by atomic mass is 10.1. The van der Waals surface area contributed by atoms with E-state index in [-0.39, 0.29) is 0 Å². The van der Waals surface area contributed by atoms with Crippen LogP contribution in [0.15, 0.2) is 79.2 Å². The zero-order valence-electron chi connectivity index (χ0n) is 15.9. The number of pyridine rings is 2. The first-order chi connectivity index (χ1) is 14.9. The predicted octanol–water partition coefficient (Wildman–Crippen LogP) is 4.97. The van der Waals surface area contributed by atoms with Crippen molar-refractivity contribution in [3.05, 3.63) is 85.0 Å². The molecule has 6 rings (SSSR count). The molecule has 1 aromatic carbocycles. The van der Waals surface area contributed by atoms with Crippen LogP contribution >= 0.6 is 0 Å². The molecule has 0 amide bonds. The third kappa shape index (κ3) is 2.69. The number of rotatable bonds is 3. The van der Waals surface area contributed by atoms with Gasteiger partial charge in [-0.1, -0.05) is 30.4 Å². The van der Waals surface area contributed by atoms with Crippen molar-refractivity contribution in [2.75, 3.05) is 0 Å². The highest BCUT2D eigenvalue weighted by atomic mass is 15.0. The van der Waals surface area contributed by atoms with E-state index in [4.69, 9.17) is 15.0 Å². The lowest BCUT2D eigenvalue weighted by molar-refractivity contribution is 1.20. The number of nitrogens with zero attached hydrogens (tertiary/aromatic N) is 5. The second-order valence-electron chi connectivity index (χ2n) is 7.09. The van der Waals surface area contributed by atoms with E-state index in [0.717, 1.165) is 62.7 Å². The number of nitrogens with one attached hydrogen (secondary N) is 1. The molecule has 30 heavy (non-hydrogen) atoms. The molecule has 1 N–H and O–H groups in total. The number of imidazole rings is 1. The minimum Gasteiger partial charge on any atom is -0.350 e. The summed E-state index contributed by atoms with van der Waals surface area (Å²) in [5.41, 5.74) is 7.55. The van der Waals surface area contributed by atoms with E-state index >= 15 is 0 Å². The fraction of sp³-hybridized carbons (Fsp3) is 0.0417. The van der Waals surface area contributed by atoms with Crippen LogP contribution in [0.25, 0.3) is 50.4 Å². The summed E-state index contributed by atoms with van der Waals surface area (Å²) in [7, 11) is 0. The zero-order chi connectivity index (χ0) is 19.9. The molecule has 0 radical (unpaired) electrons. The van der Waals surface area contributed by atoms with E-state index in [1.165, 1.54) is 0 Å². The molecule has 0 unspecified atom stereocenters. The molecule has 6 heteroatoms. The Kier molecular flexibility index (Phi) is 3.74. The van der Waals surface area contributed by atoms with Gasteiger partial charge >= 0.3 is 0 Å². The highest BCUT2D eigenvalue weighted by molar-refractivity contribution is 6.02. The van der Waals surface area contributed by atoms with E-state index < -0.39 is 0 Å². The Labute approximate surface area is 172 Å². The van der Waals surface area contributed by atoms with Crippen LogP contribution < -0.4 is 0 Å². The summed E-state index contributed by atoms with van der Waals surface area (Å²) in [6, 6.07) is 15.6. The molecule has 1 aliphatic carbocycles. The fourth-order valence-electron chi connectivity index (χ4n) is 3.73. The van der Waals surface area contributed by atoms with Crippen LogP contribution in [0, 0.1) is 0 Å². The van der Waals surface area contributed by atoms with Gasteiger partial charge in [-0.3, -0.25) is 9.97 Å². The van der Waals surface area contributed by atoms with Crippen molar-refractivity contribution in [1.82, 2.24) is 29.9 Å². The number of H-pyrrole nitrogens is 1.